The van der Waals surface area contributed by atoms with E-state index >= 15 is 0 Å². The van der Waals surface area contributed by atoms with Crippen LogP contribution in [0.4, 0.5) is 0 Å². The molecule has 0 spiro atoms. The summed E-state index contributed by atoms with van der Waals surface area (Å²) in [5, 5.41) is 3.20. The SMILES string of the molecule is CCCCNC(CC(=O)OCC)C(=O)c1ccc(CCC)cc1. The Morgan fingerprint density at radius 1 is 1.09 bits per heavy atom. The van der Waals surface area contributed by atoms with Crippen molar-refractivity contribution in [2.75, 3.05) is 13.2 Å². The van der Waals surface area contributed by atoms with Crippen LogP contribution in [0, 0.1) is 0 Å². The Kier molecular flexibility index (Phi) is 9.22. The first-order valence-corrected chi connectivity index (χ1v) is 8.64. The Morgan fingerprint density at radius 2 is 1.78 bits per heavy atom. The van der Waals surface area contributed by atoms with Crippen molar-refractivity contribution in [1.82, 2.24) is 5.32 Å². The minimum Gasteiger partial charge on any atom is -0.466 e. The van der Waals surface area contributed by atoms with Gasteiger partial charge in [-0.05, 0) is 31.9 Å². The molecule has 0 fully saturated rings. The molecule has 1 rings (SSSR count). The molecule has 0 saturated heterocycles. The van der Waals surface area contributed by atoms with Crippen molar-refractivity contribution in [3.8, 4) is 0 Å². The Hall–Kier alpha value is -1.68. The number of esters is 1. The third kappa shape index (κ3) is 6.95. The predicted molar refractivity (Wildman–Crippen MR) is 92.7 cm³/mol. The minimum absolute atomic E-state index is 0.0443. The first-order valence-electron chi connectivity index (χ1n) is 8.64. The summed E-state index contributed by atoms with van der Waals surface area (Å²) in [5.41, 5.74) is 1.87. The maximum atomic E-state index is 12.7. The maximum absolute atomic E-state index is 12.7. The lowest BCUT2D eigenvalue weighted by atomic mass is 9.99. The number of carbonyl (C=O) groups excluding carboxylic acids is 2. The van der Waals surface area contributed by atoms with Gasteiger partial charge >= 0.3 is 5.97 Å². The highest BCUT2D eigenvalue weighted by molar-refractivity contribution is 6.01. The zero-order valence-electron chi connectivity index (χ0n) is 14.6. The number of Topliss-reactive ketones (excluding diaryl/α,β-unsaturated/α-hetero) is 1. The third-order valence-electron chi connectivity index (χ3n) is 3.69. The van der Waals surface area contributed by atoms with E-state index in [9.17, 15) is 9.59 Å². The smallest absolute Gasteiger partial charge is 0.307 e. The monoisotopic (exact) mass is 319 g/mol. The number of carbonyl (C=O) groups is 2. The van der Waals surface area contributed by atoms with E-state index in [1.165, 1.54) is 5.56 Å². The van der Waals surface area contributed by atoms with Gasteiger partial charge in [0.25, 0.3) is 0 Å². The summed E-state index contributed by atoms with van der Waals surface area (Å²) >= 11 is 0. The van der Waals surface area contributed by atoms with Gasteiger partial charge in [0, 0.05) is 5.56 Å². The zero-order chi connectivity index (χ0) is 17.1. The summed E-state index contributed by atoms with van der Waals surface area (Å²) in [4.78, 5) is 24.4. The van der Waals surface area contributed by atoms with Crippen LogP contribution in [0.5, 0.6) is 0 Å². The number of benzene rings is 1. The molecule has 0 aromatic heterocycles. The predicted octanol–water partition coefficient (Wildman–Crippen LogP) is 3.53. The van der Waals surface area contributed by atoms with Crippen LogP contribution in [0.1, 0.15) is 62.4 Å². The van der Waals surface area contributed by atoms with E-state index in [2.05, 4.69) is 19.2 Å². The van der Waals surface area contributed by atoms with Crippen LogP contribution in [0.2, 0.25) is 0 Å². The molecule has 23 heavy (non-hydrogen) atoms. The first-order chi connectivity index (χ1) is 11.1. The molecule has 0 radical (unpaired) electrons. The van der Waals surface area contributed by atoms with Crippen molar-refractivity contribution in [3.05, 3.63) is 35.4 Å². The summed E-state index contributed by atoms with van der Waals surface area (Å²) < 4.78 is 4.98. The second-order valence-electron chi connectivity index (χ2n) is 5.68. The van der Waals surface area contributed by atoms with E-state index in [1.807, 2.05) is 24.3 Å². The van der Waals surface area contributed by atoms with Crippen molar-refractivity contribution in [2.24, 2.45) is 0 Å². The average Bonchev–Trinajstić information content (AvgIpc) is 2.55. The molecule has 4 heteroatoms. The van der Waals surface area contributed by atoms with E-state index in [0.29, 0.717) is 12.2 Å². The summed E-state index contributed by atoms with van der Waals surface area (Å²) in [7, 11) is 0. The normalized spacial score (nSPS) is 12.0. The van der Waals surface area contributed by atoms with Gasteiger partial charge in [0.1, 0.15) is 0 Å². The van der Waals surface area contributed by atoms with Crippen LogP contribution in [0.3, 0.4) is 0 Å². The Morgan fingerprint density at radius 3 is 2.35 bits per heavy atom. The molecule has 0 aliphatic heterocycles. The lowest BCUT2D eigenvalue weighted by Gasteiger charge is -2.17. The molecular weight excluding hydrogens is 290 g/mol. The number of rotatable bonds is 11. The topological polar surface area (TPSA) is 55.4 Å². The van der Waals surface area contributed by atoms with Crippen molar-refractivity contribution in [2.45, 2.75) is 58.9 Å². The van der Waals surface area contributed by atoms with Crippen LogP contribution >= 0.6 is 0 Å². The zero-order valence-corrected chi connectivity index (χ0v) is 14.6. The fraction of sp³-hybridized carbons (Fsp3) is 0.579. The Balaban J connectivity index is 2.77. The Labute approximate surface area is 139 Å². The van der Waals surface area contributed by atoms with E-state index in [0.717, 1.165) is 32.2 Å². The molecule has 0 aliphatic carbocycles. The molecule has 0 aliphatic rings. The lowest BCUT2D eigenvalue weighted by Crippen LogP contribution is -2.39. The third-order valence-corrected chi connectivity index (χ3v) is 3.69. The highest BCUT2D eigenvalue weighted by atomic mass is 16.5. The van der Waals surface area contributed by atoms with Crippen LogP contribution in [0.15, 0.2) is 24.3 Å². The maximum Gasteiger partial charge on any atom is 0.307 e. The molecular formula is C19H29NO3. The summed E-state index contributed by atoms with van der Waals surface area (Å²) in [6.07, 6.45) is 4.18. The molecule has 1 unspecified atom stereocenters. The highest BCUT2D eigenvalue weighted by Gasteiger charge is 2.23. The lowest BCUT2D eigenvalue weighted by molar-refractivity contribution is -0.143. The average molecular weight is 319 g/mol. The highest BCUT2D eigenvalue weighted by Crippen LogP contribution is 2.11. The molecule has 0 heterocycles. The molecule has 1 atom stereocenters. The van der Waals surface area contributed by atoms with E-state index < -0.39 is 6.04 Å². The number of ether oxygens (including phenoxy) is 1. The van der Waals surface area contributed by atoms with Gasteiger partial charge in [0.15, 0.2) is 5.78 Å². The van der Waals surface area contributed by atoms with Crippen LogP contribution in [-0.4, -0.2) is 30.9 Å². The molecule has 0 saturated carbocycles. The molecule has 1 aromatic carbocycles. The van der Waals surface area contributed by atoms with Crippen molar-refractivity contribution in [1.29, 1.82) is 0 Å². The second kappa shape index (κ2) is 10.9. The molecule has 1 aromatic rings. The van der Waals surface area contributed by atoms with E-state index in [-0.39, 0.29) is 18.2 Å². The molecule has 4 nitrogen and oxygen atoms in total. The fourth-order valence-corrected chi connectivity index (χ4v) is 2.42. The quantitative estimate of drug-likeness (QED) is 0.385. The molecule has 0 bridgehead atoms. The molecule has 1 N–H and O–H groups in total. The van der Waals surface area contributed by atoms with Gasteiger partial charge in [-0.3, -0.25) is 9.59 Å². The van der Waals surface area contributed by atoms with Crippen molar-refractivity contribution >= 4 is 11.8 Å². The van der Waals surface area contributed by atoms with Crippen molar-refractivity contribution < 1.29 is 14.3 Å². The molecule has 128 valence electrons. The van der Waals surface area contributed by atoms with Crippen LogP contribution in [-0.2, 0) is 16.0 Å². The van der Waals surface area contributed by atoms with Gasteiger partial charge in [0.05, 0.1) is 19.1 Å². The number of hydrogen-bond acceptors (Lipinski definition) is 4. The number of aryl methyl sites for hydroxylation is 1. The van der Waals surface area contributed by atoms with Gasteiger partial charge in [-0.1, -0.05) is 51.0 Å². The Bertz CT molecular complexity index is 482. The van der Waals surface area contributed by atoms with Crippen LogP contribution in [0.25, 0.3) is 0 Å². The van der Waals surface area contributed by atoms with E-state index in [4.69, 9.17) is 4.74 Å². The largest absolute Gasteiger partial charge is 0.466 e. The number of nitrogens with one attached hydrogen (secondary N) is 1. The summed E-state index contributed by atoms with van der Waals surface area (Å²) in [6, 6.07) is 7.17. The minimum atomic E-state index is -0.516. The number of unbranched alkanes of at least 4 members (excludes halogenated alkanes) is 1. The number of ketones is 1. The summed E-state index contributed by atoms with van der Waals surface area (Å²) in [5.74, 6) is -0.380. The van der Waals surface area contributed by atoms with Gasteiger partial charge in [-0.2, -0.15) is 0 Å². The fourth-order valence-electron chi connectivity index (χ4n) is 2.42. The molecule has 0 amide bonds. The number of hydrogen-bond donors (Lipinski definition) is 1. The summed E-state index contributed by atoms with van der Waals surface area (Å²) in [6.45, 7) is 7.05. The van der Waals surface area contributed by atoms with Gasteiger partial charge in [-0.25, -0.2) is 0 Å². The van der Waals surface area contributed by atoms with Gasteiger partial charge in [0.2, 0.25) is 0 Å². The van der Waals surface area contributed by atoms with Crippen LogP contribution < -0.4 is 5.32 Å². The first kappa shape index (κ1) is 19.4. The van der Waals surface area contributed by atoms with Crippen molar-refractivity contribution in [3.63, 3.8) is 0 Å². The van der Waals surface area contributed by atoms with E-state index in [1.54, 1.807) is 6.92 Å². The standard InChI is InChI=1S/C19H29NO3/c1-4-7-13-20-17(14-18(21)23-6-3)19(22)16-11-9-15(8-5-2)10-12-16/h9-12,17,20H,4-8,13-14H2,1-3H3. The second-order valence-corrected chi connectivity index (χ2v) is 5.68. The van der Waals surface area contributed by atoms with Gasteiger partial charge in [-0.15, -0.1) is 0 Å². The van der Waals surface area contributed by atoms with Gasteiger partial charge < -0.3 is 10.1 Å².